The summed E-state index contributed by atoms with van der Waals surface area (Å²) in [7, 11) is 0. The maximum Gasteiger partial charge on any atom is 0.257 e. The highest BCUT2D eigenvalue weighted by atomic mass is 19.1. The third kappa shape index (κ3) is 4.34. The number of hydrogen-bond acceptors (Lipinski definition) is 4. The van der Waals surface area contributed by atoms with Crippen LogP contribution in [0.15, 0.2) is 60.8 Å². The van der Waals surface area contributed by atoms with Crippen LogP contribution in [0.4, 0.5) is 31.7 Å². The molecule has 0 spiro atoms. The second-order valence-corrected chi connectivity index (χ2v) is 6.85. The number of hydrogen-bond donors (Lipinski definition) is 2. The van der Waals surface area contributed by atoms with E-state index < -0.39 is 23.2 Å². The van der Waals surface area contributed by atoms with Crippen LogP contribution in [0, 0.1) is 11.6 Å². The molecule has 2 N–H and O–H groups in total. The van der Waals surface area contributed by atoms with E-state index in [0.29, 0.717) is 5.82 Å². The first kappa shape index (κ1) is 18.9. The molecular weight excluding hydrogens is 374 g/mol. The average molecular weight is 394 g/mol. The molecule has 5 nitrogen and oxygen atoms in total. The van der Waals surface area contributed by atoms with Crippen LogP contribution in [-0.4, -0.2) is 24.0 Å². The molecule has 1 aromatic heterocycles. The van der Waals surface area contributed by atoms with Crippen molar-refractivity contribution in [1.82, 2.24) is 4.98 Å². The van der Waals surface area contributed by atoms with E-state index in [-0.39, 0.29) is 5.56 Å². The summed E-state index contributed by atoms with van der Waals surface area (Å²) >= 11 is 0. The topological polar surface area (TPSA) is 57.3 Å². The Bertz CT molecular complexity index is 980. The van der Waals surface area contributed by atoms with Crippen LogP contribution in [0.1, 0.15) is 23.2 Å². The molecule has 0 unspecified atom stereocenters. The number of aromatic nitrogens is 1. The van der Waals surface area contributed by atoms with Crippen molar-refractivity contribution in [3.8, 4) is 0 Å². The van der Waals surface area contributed by atoms with E-state index >= 15 is 0 Å². The molecule has 0 aliphatic carbocycles. The maximum atomic E-state index is 13.7. The van der Waals surface area contributed by atoms with Crippen LogP contribution in [0.2, 0.25) is 0 Å². The van der Waals surface area contributed by atoms with E-state index in [1.54, 1.807) is 12.1 Å². The van der Waals surface area contributed by atoms with Gasteiger partial charge in [0.05, 0.1) is 5.56 Å². The number of para-hydroxylation sites is 1. The van der Waals surface area contributed by atoms with Crippen LogP contribution < -0.4 is 15.5 Å². The fourth-order valence-corrected chi connectivity index (χ4v) is 3.28. The molecule has 2 heterocycles. The molecule has 0 radical (unpaired) electrons. The molecule has 3 aromatic rings. The van der Waals surface area contributed by atoms with Crippen LogP contribution >= 0.6 is 0 Å². The van der Waals surface area contributed by atoms with Gasteiger partial charge in [0.15, 0.2) is 0 Å². The lowest BCUT2D eigenvalue weighted by atomic mass is 10.2. The Balaban J connectivity index is 1.40. The molecule has 0 saturated carbocycles. The highest BCUT2D eigenvalue weighted by molar-refractivity contribution is 6.04. The number of anilines is 4. The minimum absolute atomic E-state index is 0.197. The lowest BCUT2D eigenvalue weighted by Crippen LogP contribution is -2.17. The van der Waals surface area contributed by atoms with Crippen molar-refractivity contribution in [2.45, 2.75) is 12.8 Å². The normalized spacial score (nSPS) is 13.4. The zero-order valence-electron chi connectivity index (χ0n) is 15.7. The van der Waals surface area contributed by atoms with Crippen molar-refractivity contribution >= 4 is 28.8 Å². The molecule has 7 heteroatoms. The van der Waals surface area contributed by atoms with Crippen LogP contribution in [0.3, 0.4) is 0 Å². The molecule has 1 amide bonds. The van der Waals surface area contributed by atoms with Gasteiger partial charge in [-0.05, 0) is 61.4 Å². The number of nitrogens with one attached hydrogen (secondary N) is 2. The zero-order chi connectivity index (χ0) is 20.2. The number of benzene rings is 2. The predicted molar refractivity (Wildman–Crippen MR) is 110 cm³/mol. The number of carbonyl (C=O) groups excluding carboxylic acids is 1. The van der Waals surface area contributed by atoms with Crippen molar-refractivity contribution in [3.63, 3.8) is 0 Å². The largest absolute Gasteiger partial charge is 0.372 e. The molecule has 0 atom stereocenters. The van der Waals surface area contributed by atoms with Crippen LogP contribution in [0.5, 0.6) is 0 Å². The molecule has 1 aliphatic rings. The molecule has 2 aromatic carbocycles. The summed E-state index contributed by atoms with van der Waals surface area (Å²) in [6, 6.07) is 14.7. The summed E-state index contributed by atoms with van der Waals surface area (Å²) in [4.78, 5) is 18.8. The lowest BCUT2D eigenvalue weighted by molar-refractivity contribution is 0.102. The van der Waals surface area contributed by atoms with Gasteiger partial charge in [0, 0.05) is 30.7 Å². The van der Waals surface area contributed by atoms with Crippen LogP contribution in [-0.2, 0) is 0 Å². The number of amides is 1. The summed E-state index contributed by atoms with van der Waals surface area (Å²) < 4.78 is 27.4. The van der Waals surface area contributed by atoms with E-state index in [1.807, 2.05) is 12.1 Å². The van der Waals surface area contributed by atoms with Crippen molar-refractivity contribution in [1.29, 1.82) is 0 Å². The monoisotopic (exact) mass is 394 g/mol. The predicted octanol–water partition coefficient (Wildman–Crippen LogP) is 4.96. The number of rotatable bonds is 5. The Morgan fingerprint density at radius 3 is 2.24 bits per heavy atom. The van der Waals surface area contributed by atoms with Crippen molar-refractivity contribution < 1.29 is 13.6 Å². The van der Waals surface area contributed by atoms with Gasteiger partial charge in [0.1, 0.15) is 23.1 Å². The van der Waals surface area contributed by atoms with Crippen molar-refractivity contribution in [2.24, 2.45) is 0 Å². The first-order valence-corrected chi connectivity index (χ1v) is 9.43. The quantitative estimate of drug-likeness (QED) is 0.643. The standard InChI is InChI=1S/C22H20F2N4O/c23-18-4-3-5-19(24)21(18)27-22(29)15-6-11-20(25-14-15)26-16-7-9-17(10-8-16)28-12-1-2-13-28/h3-11,14H,1-2,12-13H2,(H,25,26)(H,27,29). The van der Waals surface area contributed by atoms with Crippen molar-refractivity contribution in [3.05, 3.63) is 78.0 Å². The SMILES string of the molecule is O=C(Nc1c(F)cccc1F)c1ccc(Nc2ccc(N3CCCC3)cc2)nc1. The number of halogens is 2. The Hall–Kier alpha value is -3.48. The molecule has 4 rings (SSSR count). The zero-order valence-corrected chi connectivity index (χ0v) is 15.7. The lowest BCUT2D eigenvalue weighted by Gasteiger charge is -2.17. The smallest absolute Gasteiger partial charge is 0.257 e. The third-order valence-electron chi connectivity index (χ3n) is 4.84. The summed E-state index contributed by atoms with van der Waals surface area (Å²) in [5.41, 5.74) is 1.81. The van der Waals surface area contributed by atoms with Gasteiger partial charge in [0.2, 0.25) is 0 Å². The molecule has 1 fully saturated rings. The minimum atomic E-state index is -0.832. The summed E-state index contributed by atoms with van der Waals surface area (Å²) in [6.45, 7) is 2.18. The highest BCUT2D eigenvalue weighted by Gasteiger charge is 2.14. The second-order valence-electron chi connectivity index (χ2n) is 6.85. The van der Waals surface area contributed by atoms with Gasteiger partial charge in [0.25, 0.3) is 5.91 Å². The van der Waals surface area contributed by atoms with E-state index in [1.165, 1.54) is 30.8 Å². The van der Waals surface area contributed by atoms with Crippen LogP contribution in [0.25, 0.3) is 0 Å². The van der Waals surface area contributed by atoms with Gasteiger partial charge in [-0.15, -0.1) is 0 Å². The average Bonchev–Trinajstić information content (AvgIpc) is 3.27. The minimum Gasteiger partial charge on any atom is -0.372 e. The van der Waals surface area contributed by atoms with E-state index in [2.05, 4.69) is 32.7 Å². The van der Waals surface area contributed by atoms with Gasteiger partial charge in [-0.25, -0.2) is 13.8 Å². The van der Waals surface area contributed by atoms with E-state index in [4.69, 9.17) is 0 Å². The first-order chi connectivity index (χ1) is 14.1. The summed E-state index contributed by atoms with van der Waals surface area (Å²) in [5.74, 6) is -1.74. The molecular formula is C22H20F2N4O. The summed E-state index contributed by atoms with van der Waals surface area (Å²) in [5, 5.41) is 5.42. The fraction of sp³-hybridized carbons (Fsp3) is 0.182. The Morgan fingerprint density at radius 1 is 0.931 bits per heavy atom. The third-order valence-corrected chi connectivity index (χ3v) is 4.84. The fourth-order valence-electron chi connectivity index (χ4n) is 3.28. The molecule has 29 heavy (non-hydrogen) atoms. The Labute approximate surface area is 167 Å². The van der Waals surface area contributed by atoms with Gasteiger partial charge in [-0.3, -0.25) is 4.79 Å². The van der Waals surface area contributed by atoms with E-state index in [9.17, 15) is 13.6 Å². The van der Waals surface area contributed by atoms with E-state index in [0.717, 1.165) is 30.9 Å². The first-order valence-electron chi connectivity index (χ1n) is 9.43. The maximum absolute atomic E-state index is 13.7. The molecule has 148 valence electrons. The van der Waals surface area contributed by atoms with Gasteiger partial charge >= 0.3 is 0 Å². The summed E-state index contributed by atoms with van der Waals surface area (Å²) in [6.07, 6.45) is 3.82. The highest BCUT2D eigenvalue weighted by Crippen LogP contribution is 2.24. The Morgan fingerprint density at radius 2 is 1.62 bits per heavy atom. The number of nitrogens with zero attached hydrogens (tertiary/aromatic N) is 2. The van der Waals surface area contributed by atoms with Gasteiger partial charge in [-0.1, -0.05) is 6.07 Å². The number of pyridine rings is 1. The molecule has 1 aliphatic heterocycles. The Kier molecular flexibility index (Phi) is 5.37. The van der Waals surface area contributed by atoms with Gasteiger partial charge < -0.3 is 15.5 Å². The van der Waals surface area contributed by atoms with Crippen molar-refractivity contribution in [2.75, 3.05) is 28.6 Å². The second kappa shape index (κ2) is 8.26. The number of carbonyl (C=O) groups is 1. The van der Waals surface area contributed by atoms with Gasteiger partial charge in [-0.2, -0.15) is 0 Å². The molecule has 1 saturated heterocycles. The molecule has 0 bridgehead atoms.